The van der Waals surface area contributed by atoms with E-state index >= 15 is 0 Å². The van der Waals surface area contributed by atoms with E-state index in [1.165, 1.54) is 5.69 Å². The molecular formula is C8H8IN3. The standard InChI is InChI=1S/C8H8IN3/c1-5-3-6(2)12-7(9)4-10-8(12)11-5/h3-4H,1-2H3. The molecule has 12 heavy (non-hydrogen) atoms. The van der Waals surface area contributed by atoms with E-state index in [9.17, 15) is 0 Å². The first-order valence-corrected chi connectivity index (χ1v) is 4.73. The highest BCUT2D eigenvalue weighted by atomic mass is 127. The number of aryl methyl sites for hydroxylation is 2. The summed E-state index contributed by atoms with van der Waals surface area (Å²) in [6.45, 7) is 4.04. The van der Waals surface area contributed by atoms with Gasteiger partial charge in [0, 0.05) is 11.4 Å². The first kappa shape index (κ1) is 7.97. The zero-order chi connectivity index (χ0) is 8.72. The maximum atomic E-state index is 4.30. The van der Waals surface area contributed by atoms with Crippen LogP contribution in [-0.2, 0) is 0 Å². The van der Waals surface area contributed by atoms with Crippen LogP contribution in [-0.4, -0.2) is 14.4 Å². The fourth-order valence-electron chi connectivity index (χ4n) is 1.28. The molecule has 0 atom stereocenters. The number of aromatic nitrogens is 3. The third-order valence-electron chi connectivity index (χ3n) is 1.75. The van der Waals surface area contributed by atoms with Gasteiger partial charge < -0.3 is 0 Å². The highest BCUT2D eigenvalue weighted by molar-refractivity contribution is 14.1. The number of nitrogens with zero attached hydrogens (tertiary/aromatic N) is 3. The lowest BCUT2D eigenvalue weighted by Gasteiger charge is -2.00. The SMILES string of the molecule is Cc1cc(C)n2c(I)cnc2n1. The fraction of sp³-hybridized carbons (Fsp3) is 0.250. The summed E-state index contributed by atoms with van der Waals surface area (Å²) < 4.78 is 3.14. The molecule has 2 rings (SSSR count). The molecule has 62 valence electrons. The summed E-state index contributed by atoms with van der Waals surface area (Å²) in [5, 5.41) is 0. The van der Waals surface area contributed by atoms with Crippen molar-refractivity contribution in [2.75, 3.05) is 0 Å². The van der Waals surface area contributed by atoms with Crippen LogP contribution in [0.5, 0.6) is 0 Å². The van der Waals surface area contributed by atoms with E-state index in [-0.39, 0.29) is 0 Å². The minimum absolute atomic E-state index is 0.789. The minimum atomic E-state index is 0.789. The van der Waals surface area contributed by atoms with Gasteiger partial charge in [0.25, 0.3) is 0 Å². The Labute approximate surface area is 84.0 Å². The van der Waals surface area contributed by atoms with Gasteiger partial charge in [-0.2, -0.15) is 0 Å². The monoisotopic (exact) mass is 273 g/mol. The average Bonchev–Trinajstić information content (AvgIpc) is 2.31. The minimum Gasteiger partial charge on any atom is -0.276 e. The highest BCUT2D eigenvalue weighted by Gasteiger charge is 2.03. The Kier molecular flexibility index (Phi) is 1.79. The summed E-state index contributed by atoms with van der Waals surface area (Å²) in [6.07, 6.45) is 1.83. The first-order valence-electron chi connectivity index (χ1n) is 3.65. The van der Waals surface area contributed by atoms with E-state index in [1.54, 1.807) is 0 Å². The summed E-state index contributed by atoms with van der Waals surface area (Å²) >= 11 is 2.25. The number of rotatable bonds is 0. The van der Waals surface area contributed by atoms with Crippen molar-refractivity contribution >= 4 is 28.4 Å². The van der Waals surface area contributed by atoms with Crippen molar-refractivity contribution in [3.8, 4) is 0 Å². The Bertz CT molecular complexity index is 433. The molecular weight excluding hydrogens is 265 g/mol. The maximum Gasteiger partial charge on any atom is 0.235 e. The Balaban J connectivity index is 2.93. The van der Waals surface area contributed by atoms with Gasteiger partial charge in [-0.3, -0.25) is 4.40 Å². The van der Waals surface area contributed by atoms with Crippen LogP contribution in [0, 0.1) is 17.5 Å². The summed E-state index contributed by atoms with van der Waals surface area (Å²) in [6, 6.07) is 2.05. The molecule has 4 heteroatoms. The molecule has 2 heterocycles. The van der Waals surface area contributed by atoms with Gasteiger partial charge in [0.15, 0.2) is 0 Å². The lowest BCUT2D eigenvalue weighted by Crippen LogP contribution is -1.97. The number of halogens is 1. The van der Waals surface area contributed by atoms with Crippen molar-refractivity contribution in [2.24, 2.45) is 0 Å². The molecule has 0 aliphatic heterocycles. The van der Waals surface area contributed by atoms with E-state index in [1.807, 2.05) is 17.5 Å². The fourth-order valence-corrected chi connectivity index (χ4v) is 2.02. The molecule has 0 bridgehead atoms. The molecule has 3 nitrogen and oxygen atoms in total. The Hall–Kier alpha value is -0.650. The normalized spacial score (nSPS) is 10.9. The van der Waals surface area contributed by atoms with Gasteiger partial charge in [-0.15, -0.1) is 0 Å². The third-order valence-corrected chi connectivity index (χ3v) is 2.51. The molecule has 0 aromatic carbocycles. The third kappa shape index (κ3) is 1.10. The summed E-state index contributed by atoms with van der Waals surface area (Å²) in [5.74, 6) is 0.789. The van der Waals surface area contributed by atoms with Gasteiger partial charge in [0.1, 0.15) is 3.70 Å². The van der Waals surface area contributed by atoms with Gasteiger partial charge in [-0.1, -0.05) is 0 Å². The van der Waals surface area contributed by atoms with Crippen molar-refractivity contribution in [3.05, 3.63) is 27.4 Å². The predicted octanol–water partition coefficient (Wildman–Crippen LogP) is 1.95. The lowest BCUT2D eigenvalue weighted by atomic mass is 10.3. The number of hydrogen-bond acceptors (Lipinski definition) is 2. The second-order valence-corrected chi connectivity index (χ2v) is 3.86. The van der Waals surface area contributed by atoms with E-state index in [0.29, 0.717) is 0 Å². The number of imidazole rings is 1. The predicted molar refractivity (Wildman–Crippen MR) is 55.2 cm³/mol. The molecule has 0 fully saturated rings. The van der Waals surface area contributed by atoms with E-state index in [4.69, 9.17) is 0 Å². The Morgan fingerprint density at radius 3 is 2.92 bits per heavy atom. The first-order chi connectivity index (χ1) is 5.68. The maximum absolute atomic E-state index is 4.30. The van der Waals surface area contributed by atoms with E-state index in [0.717, 1.165) is 15.2 Å². The van der Waals surface area contributed by atoms with Gasteiger partial charge in [-0.05, 0) is 42.5 Å². The molecule has 0 aliphatic rings. The van der Waals surface area contributed by atoms with Crippen LogP contribution in [0.2, 0.25) is 0 Å². The van der Waals surface area contributed by atoms with Crippen molar-refractivity contribution in [1.82, 2.24) is 14.4 Å². The number of hydrogen-bond donors (Lipinski definition) is 0. The molecule has 0 aliphatic carbocycles. The summed E-state index contributed by atoms with van der Waals surface area (Å²) in [5.41, 5.74) is 2.20. The van der Waals surface area contributed by atoms with Crippen molar-refractivity contribution in [1.29, 1.82) is 0 Å². The molecule has 0 saturated heterocycles. The number of fused-ring (bicyclic) bond motifs is 1. The molecule has 2 aromatic heterocycles. The smallest absolute Gasteiger partial charge is 0.235 e. The van der Waals surface area contributed by atoms with Gasteiger partial charge >= 0.3 is 0 Å². The summed E-state index contributed by atoms with van der Waals surface area (Å²) in [4.78, 5) is 8.49. The molecule has 0 unspecified atom stereocenters. The van der Waals surface area contributed by atoms with Crippen LogP contribution in [0.4, 0.5) is 0 Å². The van der Waals surface area contributed by atoms with Crippen LogP contribution in [0.25, 0.3) is 5.78 Å². The van der Waals surface area contributed by atoms with Crippen LogP contribution in [0.15, 0.2) is 12.3 Å². The largest absolute Gasteiger partial charge is 0.276 e. The quantitative estimate of drug-likeness (QED) is 0.687. The van der Waals surface area contributed by atoms with Gasteiger partial charge in [0.05, 0.1) is 6.20 Å². The molecule has 0 radical (unpaired) electrons. The zero-order valence-electron chi connectivity index (χ0n) is 6.87. The molecule has 0 N–H and O–H groups in total. The molecule has 0 amide bonds. The Morgan fingerprint density at radius 2 is 2.17 bits per heavy atom. The lowest BCUT2D eigenvalue weighted by molar-refractivity contribution is 0.996. The van der Waals surface area contributed by atoms with Crippen molar-refractivity contribution < 1.29 is 0 Å². The molecule has 0 saturated carbocycles. The average molecular weight is 273 g/mol. The van der Waals surface area contributed by atoms with Gasteiger partial charge in [-0.25, -0.2) is 9.97 Å². The van der Waals surface area contributed by atoms with Crippen LogP contribution >= 0.6 is 22.6 Å². The van der Waals surface area contributed by atoms with Crippen molar-refractivity contribution in [3.63, 3.8) is 0 Å². The van der Waals surface area contributed by atoms with E-state index < -0.39 is 0 Å². The second kappa shape index (κ2) is 2.69. The molecule has 0 spiro atoms. The Morgan fingerprint density at radius 1 is 1.42 bits per heavy atom. The zero-order valence-corrected chi connectivity index (χ0v) is 9.03. The van der Waals surface area contributed by atoms with Crippen LogP contribution < -0.4 is 0 Å². The van der Waals surface area contributed by atoms with Crippen LogP contribution in [0.1, 0.15) is 11.4 Å². The van der Waals surface area contributed by atoms with E-state index in [2.05, 4.69) is 45.5 Å². The van der Waals surface area contributed by atoms with Crippen LogP contribution in [0.3, 0.4) is 0 Å². The highest BCUT2D eigenvalue weighted by Crippen LogP contribution is 2.11. The topological polar surface area (TPSA) is 30.2 Å². The molecule has 2 aromatic rings. The second-order valence-electron chi connectivity index (χ2n) is 2.76. The van der Waals surface area contributed by atoms with Gasteiger partial charge in [0.2, 0.25) is 5.78 Å². The van der Waals surface area contributed by atoms with Crippen molar-refractivity contribution in [2.45, 2.75) is 13.8 Å². The summed E-state index contributed by atoms with van der Waals surface area (Å²) in [7, 11) is 0.